The molecule has 0 aromatic heterocycles. The molecule has 120 valence electrons. The zero-order valence-corrected chi connectivity index (χ0v) is 11.3. The van der Waals surface area contributed by atoms with Crippen LogP contribution in [-0.4, -0.2) is 17.3 Å². The summed E-state index contributed by atoms with van der Waals surface area (Å²) in [6.07, 6.45) is -9.75. The van der Waals surface area contributed by atoms with Crippen molar-refractivity contribution in [2.75, 3.05) is 6.61 Å². The molecule has 0 radical (unpaired) electrons. The van der Waals surface area contributed by atoms with Gasteiger partial charge in [-0.15, -0.1) is 0 Å². The molecular weight excluding hydrogens is 302 g/mol. The number of hydrogen-bond acceptors (Lipinski definition) is 2. The summed E-state index contributed by atoms with van der Waals surface area (Å²) in [5.41, 5.74) is -4.00. The number of benzene rings is 1. The average molecular weight is 316 g/mol. The lowest BCUT2D eigenvalue weighted by atomic mass is 10.1. The third-order valence-corrected chi connectivity index (χ3v) is 2.54. The summed E-state index contributed by atoms with van der Waals surface area (Å²) < 4.78 is 80.4. The molecule has 1 aromatic rings. The Kier molecular flexibility index (Phi) is 4.82. The minimum Gasteiger partial charge on any atom is -0.493 e. The van der Waals surface area contributed by atoms with Crippen LogP contribution < -0.4 is 4.74 Å². The first-order valence-corrected chi connectivity index (χ1v) is 5.94. The predicted octanol–water partition coefficient (Wildman–Crippen LogP) is 4.26. The van der Waals surface area contributed by atoms with Crippen molar-refractivity contribution in [3.8, 4) is 5.75 Å². The van der Waals surface area contributed by atoms with Gasteiger partial charge in [0.1, 0.15) is 5.75 Å². The van der Waals surface area contributed by atoms with Crippen LogP contribution in [0.4, 0.5) is 26.3 Å². The lowest BCUT2D eigenvalue weighted by Crippen LogP contribution is -2.22. The topological polar surface area (TPSA) is 29.5 Å². The maximum atomic E-state index is 12.6. The molecule has 8 heteroatoms. The number of ether oxygens (including phenoxy) is 1. The van der Waals surface area contributed by atoms with E-state index < -0.39 is 34.8 Å². The maximum Gasteiger partial charge on any atom is 0.416 e. The molecule has 1 aromatic carbocycles. The van der Waals surface area contributed by atoms with Crippen molar-refractivity contribution in [3.63, 3.8) is 0 Å². The molecule has 0 bridgehead atoms. The zero-order valence-electron chi connectivity index (χ0n) is 11.3. The van der Waals surface area contributed by atoms with E-state index >= 15 is 0 Å². The second-order valence-corrected chi connectivity index (χ2v) is 5.15. The van der Waals surface area contributed by atoms with Crippen molar-refractivity contribution in [2.45, 2.75) is 38.2 Å². The Labute approximate surface area is 117 Å². The van der Waals surface area contributed by atoms with Gasteiger partial charge < -0.3 is 9.84 Å². The SMILES string of the molecule is CC(C)(O)CCOc1cc(C(F)(F)F)cc(C(F)(F)F)c1. The van der Waals surface area contributed by atoms with Gasteiger partial charge in [-0.3, -0.25) is 0 Å². The van der Waals surface area contributed by atoms with Crippen molar-refractivity contribution < 1.29 is 36.2 Å². The van der Waals surface area contributed by atoms with Crippen LogP contribution in [-0.2, 0) is 12.4 Å². The van der Waals surface area contributed by atoms with Crippen LogP contribution in [0.1, 0.15) is 31.4 Å². The van der Waals surface area contributed by atoms with Crippen molar-refractivity contribution in [2.24, 2.45) is 0 Å². The smallest absolute Gasteiger partial charge is 0.416 e. The number of alkyl halides is 6. The first-order valence-electron chi connectivity index (χ1n) is 5.94. The Bertz CT molecular complexity index is 453. The molecule has 0 spiro atoms. The second-order valence-electron chi connectivity index (χ2n) is 5.15. The fourth-order valence-electron chi connectivity index (χ4n) is 1.43. The Morgan fingerprint density at radius 2 is 1.33 bits per heavy atom. The van der Waals surface area contributed by atoms with E-state index in [1.54, 1.807) is 0 Å². The average Bonchev–Trinajstić information content (AvgIpc) is 2.24. The van der Waals surface area contributed by atoms with Gasteiger partial charge in [0.25, 0.3) is 0 Å². The Morgan fingerprint density at radius 1 is 0.905 bits per heavy atom. The zero-order chi connectivity index (χ0) is 16.5. The second kappa shape index (κ2) is 5.75. The van der Waals surface area contributed by atoms with Crippen LogP contribution in [0.3, 0.4) is 0 Å². The summed E-state index contributed by atoms with van der Waals surface area (Å²) in [5, 5.41) is 9.42. The number of hydrogen-bond donors (Lipinski definition) is 1. The standard InChI is InChI=1S/C13H14F6O2/c1-11(2,20)3-4-21-10-6-8(12(14,15)16)5-9(7-10)13(17,18)19/h5-7,20H,3-4H2,1-2H3. The van der Waals surface area contributed by atoms with E-state index in [2.05, 4.69) is 0 Å². The van der Waals surface area contributed by atoms with Gasteiger partial charge in [0, 0.05) is 6.42 Å². The highest BCUT2D eigenvalue weighted by Crippen LogP contribution is 2.38. The fraction of sp³-hybridized carbons (Fsp3) is 0.538. The minimum atomic E-state index is -4.91. The Morgan fingerprint density at radius 3 is 1.67 bits per heavy atom. The molecule has 21 heavy (non-hydrogen) atoms. The molecule has 0 atom stereocenters. The van der Waals surface area contributed by atoms with Crippen LogP contribution in [0.15, 0.2) is 18.2 Å². The minimum absolute atomic E-state index is 0.0306. The van der Waals surface area contributed by atoms with Crippen LogP contribution >= 0.6 is 0 Å². The van der Waals surface area contributed by atoms with E-state index in [0.29, 0.717) is 12.1 Å². The Balaban J connectivity index is 3.03. The molecule has 0 aliphatic heterocycles. The van der Waals surface area contributed by atoms with Gasteiger partial charge in [-0.05, 0) is 32.0 Å². The van der Waals surface area contributed by atoms with E-state index in [9.17, 15) is 31.4 Å². The monoisotopic (exact) mass is 316 g/mol. The van der Waals surface area contributed by atoms with Crippen molar-refractivity contribution in [1.82, 2.24) is 0 Å². The molecule has 0 saturated heterocycles. The van der Waals surface area contributed by atoms with Crippen molar-refractivity contribution >= 4 is 0 Å². The molecule has 0 saturated carbocycles. The number of rotatable bonds is 4. The first kappa shape index (κ1) is 17.6. The highest BCUT2D eigenvalue weighted by Gasteiger charge is 2.37. The molecule has 0 unspecified atom stereocenters. The van der Waals surface area contributed by atoms with Crippen LogP contribution in [0, 0.1) is 0 Å². The summed E-state index contributed by atoms with van der Waals surface area (Å²) in [7, 11) is 0. The normalized spacial score (nSPS) is 13.4. The summed E-state index contributed by atoms with van der Waals surface area (Å²) in [6.45, 7) is 2.69. The van der Waals surface area contributed by atoms with E-state index in [1.165, 1.54) is 13.8 Å². The molecule has 2 nitrogen and oxygen atoms in total. The summed E-state index contributed by atoms with van der Waals surface area (Å²) in [6, 6.07) is 1.03. The summed E-state index contributed by atoms with van der Waals surface area (Å²) in [4.78, 5) is 0. The third-order valence-electron chi connectivity index (χ3n) is 2.54. The van der Waals surface area contributed by atoms with Crippen LogP contribution in [0.25, 0.3) is 0 Å². The highest BCUT2D eigenvalue weighted by atomic mass is 19.4. The molecule has 0 heterocycles. The molecule has 1 rings (SSSR count). The Hall–Kier alpha value is -1.44. The molecular formula is C13H14F6O2. The molecule has 1 N–H and O–H groups in total. The third kappa shape index (κ3) is 5.82. The molecule has 0 fully saturated rings. The van der Waals surface area contributed by atoms with Gasteiger partial charge in [-0.2, -0.15) is 26.3 Å². The summed E-state index contributed by atoms with van der Waals surface area (Å²) in [5.74, 6) is -0.540. The fourth-order valence-corrected chi connectivity index (χ4v) is 1.43. The van der Waals surface area contributed by atoms with Gasteiger partial charge in [0.15, 0.2) is 0 Å². The van der Waals surface area contributed by atoms with Crippen molar-refractivity contribution in [3.05, 3.63) is 29.3 Å². The van der Waals surface area contributed by atoms with E-state index in [-0.39, 0.29) is 19.1 Å². The highest BCUT2D eigenvalue weighted by molar-refractivity contribution is 5.37. The lowest BCUT2D eigenvalue weighted by Gasteiger charge is -2.18. The molecule has 0 aliphatic rings. The van der Waals surface area contributed by atoms with Crippen molar-refractivity contribution in [1.29, 1.82) is 0 Å². The quantitative estimate of drug-likeness (QED) is 0.841. The van der Waals surface area contributed by atoms with Crippen LogP contribution in [0.2, 0.25) is 0 Å². The summed E-state index contributed by atoms with van der Waals surface area (Å²) >= 11 is 0. The molecule has 0 amide bonds. The number of aliphatic hydroxyl groups is 1. The molecule has 0 aliphatic carbocycles. The lowest BCUT2D eigenvalue weighted by molar-refractivity contribution is -0.143. The van der Waals surface area contributed by atoms with Gasteiger partial charge in [0.2, 0.25) is 0 Å². The van der Waals surface area contributed by atoms with Gasteiger partial charge in [-0.25, -0.2) is 0 Å². The maximum absolute atomic E-state index is 12.6. The van der Waals surface area contributed by atoms with E-state index in [0.717, 1.165) is 0 Å². The van der Waals surface area contributed by atoms with Gasteiger partial charge in [0.05, 0.1) is 23.3 Å². The van der Waals surface area contributed by atoms with E-state index in [4.69, 9.17) is 4.74 Å². The van der Waals surface area contributed by atoms with E-state index in [1.807, 2.05) is 0 Å². The predicted molar refractivity (Wildman–Crippen MR) is 62.9 cm³/mol. The number of halogens is 6. The van der Waals surface area contributed by atoms with Crippen LogP contribution in [0.5, 0.6) is 5.75 Å². The first-order chi connectivity index (χ1) is 9.29. The van der Waals surface area contributed by atoms with Gasteiger partial charge in [-0.1, -0.05) is 0 Å². The largest absolute Gasteiger partial charge is 0.493 e. The van der Waals surface area contributed by atoms with Gasteiger partial charge >= 0.3 is 12.4 Å².